The van der Waals surface area contributed by atoms with Gasteiger partial charge in [-0.25, -0.2) is 0 Å². The van der Waals surface area contributed by atoms with Crippen molar-refractivity contribution >= 4 is 46.4 Å². The number of hydrogen-bond donors (Lipinski definition) is 2. The highest BCUT2D eigenvalue weighted by atomic mass is 35.5. The van der Waals surface area contributed by atoms with Crippen molar-refractivity contribution in [2.75, 3.05) is 37.4 Å². The molecule has 6 nitrogen and oxygen atoms in total. The van der Waals surface area contributed by atoms with E-state index in [0.29, 0.717) is 28.7 Å². The van der Waals surface area contributed by atoms with Crippen molar-refractivity contribution in [3.05, 3.63) is 52.5 Å². The number of methoxy groups -OCH3 is 1. The number of rotatable bonds is 8. The van der Waals surface area contributed by atoms with Crippen molar-refractivity contribution in [2.45, 2.75) is 6.92 Å². The lowest BCUT2D eigenvalue weighted by Crippen LogP contribution is -2.38. The molecule has 8 heteroatoms. The Kier molecular flexibility index (Phi) is 7.91. The van der Waals surface area contributed by atoms with E-state index in [4.69, 9.17) is 27.9 Å². The van der Waals surface area contributed by atoms with E-state index in [1.807, 2.05) is 6.92 Å². The van der Waals surface area contributed by atoms with Gasteiger partial charge in [0.15, 0.2) is 0 Å². The summed E-state index contributed by atoms with van der Waals surface area (Å²) in [7, 11) is 1.56. The standard InChI is InChI=1S/C19H21Cl2N3O3/c1-3-24(11-17(25)22-13-6-4-7-14(10-13)27-2)12-18(26)23-16-9-5-8-15(20)19(16)21/h4-10H,3,11-12H2,1-2H3,(H,22,25)(H,23,26). The second kappa shape index (κ2) is 10.2. The molecule has 2 amide bonds. The van der Waals surface area contributed by atoms with Crippen molar-refractivity contribution < 1.29 is 14.3 Å². The summed E-state index contributed by atoms with van der Waals surface area (Å²) in [5, 5.41) is 6.14. The topological polar surface area (TPSA) is 70.7 Å². The molecule has 2 rings (SSSR count). The molecule has 0 aliphatic rings. The Morgan fingerprint density at radius 2 is 1.70 bits per heavy atom. The van der Waals surface area contributed by atoms with Crippen LogP contribution in [-0.4, -0.2) is 43.5 Å². The number of amides is 2. The SMILES string of the molecule is CCN(CC(=O)Nc1cccc(OC)c1)CC(=O)Nc1cccc(Cl)c1Cl. The molecule has 0 spiro atoms. The van der Waals surface area contributed by atoms with Crippen LogP contribution in [0.4, 0.5) is 11.4 Å². The summed E-state index contributed by atoms with van der Waals surface area (Å²) in [6.45, 7) is 2.52. The molecule has 0 heterocycles. The fourth-order valence-electron chi connectivity index (χ4n) is 2.38. The lowest BCUT2D eigenvalue weighted by Gasteiger charge is -2.19. The molecular weight excluding hydrogens is 389 g/mol. The molecule has 0 fully saturated rings. The van der Waals surface area contributed by atoms with Gasteiger partial charge in [-0.15, -0.1) is 0 Å². The van der Waals surface area contributed by atoms with Crippen LogP contribution in [0.25, 0.3) is 0 Å². The maximum absolute atomic E-state index is 12.3. The highest BCUT2D eigenvalue weighted by Crippen LogP contribution is 2.29. The maximum Gasteiger partial charge on any atom is 0.238 e. The van der Waals surface area contributed by atoms with E-state index in [0.717, 1.165) is 0 Å². The predicted octanol–water partition coefficient (Wildman–Crippen LogP) is 3.90. The summed E-state index contributed by atoms with van der Waals surface area (Å²) >= 11 is 12.0. The van der Waals surface area contributed by atoms with Gasteiger partial charge < -0.3 is 15.4 Å². The molecule has 2 N–H and O–H groups in total. The number of nitrogens with zero attached hydrogens (tertiary/aromatic N) is 1. The Hall–Kier alpha value is -2.28. The van der Waals surface area contributed by atoms with E-state index in [-0.39, 0.29) is 29.9 Å². The van der Waals surface area contributed by atoms with Crippen LogP contribution in [0.1, 0.15) is 6.92 Å². The van der Waals surface area contributed by atoms with Crippen molar-refractivity contribution in [3.8, 4) is 5.75 Å². The lowest BCUT2D eigenvalue weighted by atomic mass is 10.3. The molecule has 2 aromatic carbocycles. The first-order valence-electron chi connectivity index (χ1n) is 8.33. The molecule has 0 bridgehead atoms. The van der Waals surface area contributed by atoms with E-state index in [2.05, 4.69) is 10.6 Å². The van der Waals surface area contributed by atoms with Crippen LogP contribution in [0.15, 0.2) is 42.5 Å². The van der Waals surface area contributed by atoms with Gasteiger partial charge in [-0.05, 0) is 30.8 Å². The first-order chi connectivity index (χ1) is 12.9. The second-order valence-corrected chi connectivity index (χ2v) is 6.52. The zero-order valence-corrected chi connectivity index (χ0v) is 16.6. The molecule has 0 aromatic heterocycles. The smallest absolute Gasteiger partial charge is 0.238 e. The van der Waals surface area contributed by atoms with E-state index < -0.39 is 0 Å². The van der Waals surface area contributed by atoms with Crippen LogP contribution < -0.4 is 15.4 Å². The third-order valence-corrected chi connectivity index (χ3v) is 4.58. The van der Waals surface area contributed by atoms with Gasteiger partial charge in [0, 0.05) is 11.8 Å². The Balaban J connectivity index is 1.91. The van der Waals surface area contributed by atoms with Crippen LogP contribution in [0.2, 0.25) is 10.0 Å². The third kappa shape index (κ3) is 6.43. The zero-order valence-electron chi connectivity index (χ0n) is 15.1. The third-order valence-electron chi connectivity index (χ3n) is 3.76. The monoisotopic (exact) mass is 409 g/mol. The minimum Gasteiger partial charge on any atom is -0.497 e. The van der Waals surface area contributed by atoms with Gasteiger partial charge in [-0.2, -0.15) is 0 Å². The number of benzene rings is 2. The van der Waals surface area contributed by atoms with Crippen molar-refractivity contribution in [1.29, 1.82) is 0 Å². The molecule has 144 valence electrons. The minimum absolute atomic E-state index is 0.0465. The van der Waals surface area contributed by atoms with E-state index >= 15 is 0 Å². The van der Waals surface area contributed by atoms with Crippen LogP contribution in [0.5, 0.6) is 5.75 Å². The van der Waals surface area contributed by atoms with Crippen LogP contribution >= 0.6 is 23.2 Å². The summed E-state index contributed by atoms with van der Waals surface area (Å²) in [4.78, 5) is 26.2. The second-order valence-electron chi connectivity index (χ2n) is 5.73. The number of halogens is 2. The highest BCUT2D eigenvalue weighted by molar-refractivity contribution is 6.44. The average Bonchev–Trinajstić information content (AvgIpc) is 2.65. The Labute approximate surface area is 168 Å². The van der Waals surface area contributed by atoms with Gasteiger partial charge in [-0.1, -0.05) is 42.3 Å². The lowest BCUT2D eigenvalue weighted by molar-refractivity contribution is -0.119. The van der Waals surface area contributed by atoms with Crippen LogP contribution in [-0.2, 0) is 9.59 Å². The maximum atomic E-state index is 12.3. The average molecular weight is 410 g/mol. The number of ether oxygens (including phenoxy) is 1. The minimum atomic E-state index is -0.282. The molecule has 0 saturated carbocycles. The molecular formula is C19H21Cl2N3O3. The van der Waals surface area contributed by atoms with Crippen molar-refractivity contribution in [2.24, 2.45) is 0 Å². The van der Waals surface area contributed by atoms with Crippen LogP contribution in [0, 0.1) is 0 Å². The van der Waals surface area contributed by atoms with Gasteiger partial charge in [-0.3, -0.25) is 14.5 Å². The fourth-order valence-corrected chi connectivity index (χ4v) is 2.72. The highest BCUT2D eigenvalue weighted by Gasteiger charge is 2.15. The number of anilines is 2. The van der Waals surface area contributed by atoms with Crippen LogP contribution in [0.3, 0.4) is 0 Å². The quantitative estimate of drug-likeness (QED) is 0.693. The molecule has 0 saturated heterocycles. The first-order valence-corrected chi connectivity index (χ1v) is 9.08. The van der Waals surface area contributed by atoms with Gasteiger partial charge >= 0.3 is 0 Å². The fraction of sp³-hybridized carbons (Fsp3) is 0.263. The van der Waals surface area contributed by atoms with Gasteiger partial charge in [0.1, 0.15) is 5.75 Å². The van der Waals surface area contributed by atoms with Gasteiger partial charge in [0.25, 0.3) is 0 Å². The Bertz CT molecular complexity index is 815. The molecule has 27 heavy (non-hydrogen) atoms. The molecule has 0 aliphatic heterocycles. The molecule has 0 unspecified atom stereocenters. The van der Waals surface area contributed by atoms with E-state index in [1.165, 1.54) is 0 Å². The normalized spacial score (nSPS) is 10.6. The van der Waals surface area contributed by atoms with Gasteiger partial charge in [0.2, 0.25) is 11.8 Å². The number of nitrogens with one attached hydrogen (secondary N) is 2. The summed E-state index contributed by atoms with van der Waals surface area (Å²) in [6.07, 6.45) is 0. The Morgan fingerprint density at radius 1 is 1.04 bits per heavy atom. The summed E-state index contributed by atoms with van der Waals surface area (Å²) in [6, 6.07) is 12.1. The number of hydrogen-bond acceptors (Lipinski definition) is 4. The predicted molar refractivity (Wildman–Crippen MR) is 109 cm³/mol. The van der Waals surface area contributed by atoms with Crippen molar-refractivity contribution in [3.63, 3.8) is 0 Å². The van der Waals surface area contributed by atoms with E-state index in [1.54, 1.807) is 54.5 Å². The number of likely N-dealkylation sites (N-methyl/N-ethyl adjacent to an activating group) is 1. The number of carbonyl (C=O) groups is 2. The molecule has 0 radical (unpaired) electrons. The summed E-state index contributed by atoms with van der Waals surface area (Å²) in [5.41, 5.74) is 1.07. The summed E-state index contributed by atoms with van der Waals surface area (Å²) < 4.78 is 5.13. The molecule has 0 aliphatic carbocycles. The summed E-state index contributed by atoms with van der Waals surface area (Å²) in [5.74, 6) is 0.145. The number of carbonyl (C=O) groups excluding carboxylic acids is 2. The largest absolute Gasteiger partial charge is 0.497 e. The van der Waals surface area contributed by atoms with E-state index in [9.17, 15) is 9.59 Å². The molecule has 2 aromatic rings. The molecule has 0 atom stereocenters. The Morgan fingerprint density at radius 3 is 2.37 bits per heavy atom. The van der Waals surface area contributed by atoms with Crippen molar-refractivity contribution in [1.82, 2.24) is 4.90 Å². The zero-order chi connectivity index (χ0) is 19.8. The van der Waals surface area contributed by atoms with Gasteiger partial charge in [0.05, 0.1) is 35.9 Å². The first kappa shape index (κ1) is 21.0.